The highest BCUT2D eigenvalue weighted by molar-refractivity contribution is 8.00. The van der Waals surface area contributed by atoms with Gasteiger partial charge in [-0.05, 0) is 36.8 Å². The maximum atomic E-state index is 5.78. The Labute approximate surface area is 151 Å². The summed E-state index contributed by atoms with van der Waals surface area (Å²) in [6.45, 7) is 0. The molecule has 0 atom stereocenters. The lowest BCUT2D eigenvalue weighted by Gasteiger charge is -1.85. The highest BCUT2D eigenvalue weighted by Crippen LogP contribution is 2.27. The minimum absolute atomic E-state index is 0.673. The van der Waals surface area contributed by atoms with Crippen molar-refractivity contribution in [3.8, 4) is 0 Å². The summed E-state index contributed by atoms with van der Waals surface area (Å²) in [4.78, 5) is 8.62. The number of fused-ring (bicyclic) bond motifs is 2. The Bertz CT molecular complexity index is 902. The Morgan fingerprint density at radius 3 is 2.57 bits per heavy atom. The van der Waals surface area contributed by atoms with Gasteiger partial charge in [0.25, 0.3) is 5.22 Å². The van der Waals surface area contributed by atoms with Gasteiger partial charge in [-0.2, -0.15) is 0 Å². The van der Waals surface area contributed by atoms with E-state index in [9.17, 15) is 0 Å². The van der Waals surface area contributed by atoms with Crippen LogP contribution < -0.4 is 0 Å². The fourth-order valence-corrected chi connectivity index (χ4v) is 3.92. The van der Waals surface area contributed by atoms with Crippen LogP contribution in [0.2, 0.25) is 5.02 Å². The highest BCUT2D eigenvalue weighted by Gasteiger charge is 2.03. The van der Waals surface area contributed by atoms with Crippen molar-refractivity contribution in [3.05, 3.63) is 47.5 Å². The van der Waals surface area contributed by atoms with Crippen molar-refractivity contribution >= 4 is 67.8 Å². The lowest BCUT2D eigenvalue weighted by atomic mass is 10.3. The number of benzene rings is 2. The standard InChI is InChI=1S/C8H6ClNOS.C8H7NS2/c1-12-8-10-6-3-2-5(9)4-7(6)11-8;1-10-8-9-6-4-2-3-5-7(6)11-8/h2-4H,1H3;2-5H,1H3. The summed E-state index contributed by atoms with van der Waals surface area (Å²) in [5.41, 5.74) is 2.71. The zero-order valence-electron chi connectivity index (χ0n) is 12.4. The van der Waals surface area contributed by atoms with Gasteiger partial charge in [0.15, 0.2) is 9.92 Å². The molecule has 0 bridgehead atoms. The molecule has 0 amide bonds. The second-order valence-corrected chi connectivity index (χ2v) is 7.73. The summed E-state index contributed by atoms with van der Waals surface area (Å²) in [7, 11) is 0. The van der Waals surface area contributed by atoms with E-state index in [0.717, 1.165) is 21.0 Å². The molecule has 0 spiro atoms. The van der Waals surface area contributed by atoms with Crippen LogP contribution in [0.15, 0.2) is 56.4 Å². The molecule has 0 unspecified atom stereocenters. The van der Waals surface area contributed by atoms with Crippen LogP contribution in [0, 0.1) is 0 Å². The smallest absolute Gasteiger partial charge is 0.256 e. The molecule has 0 aliphatic carbocycles. The minimum atomic E-state index is 0.673. The average molecular weight is 381 g/mol. The molecule has 2 heterocycles. The summed E-state index contributed by atoms with van der Waals surface area (Å²) in [5.74, 6) is 0. The summed E-state index contributed by atoms with van der Waals surface area (Å²) < 4.78 is 7.78. The van der Waals surface area contributed by atoms with Crippen molar-refractivity contribution in [3.63, 3.8) is 0 Å². The van der Waals surface area contributed by atoms with Gasteiger partial charge in [0.1, 0.15) is 5.52 Å². The molecular formula is C16H13ClN2OS3. The molecule has 0 saturated carbocycles. The van der Waals surface area contributed by atoms with Gasteiger partial charge in [0.05, 0.1) is 10.2 Å². The Kier molecular flexibility index (Phi) is 5.48. The molecule has 7 heteroatoms. The number of aromatic nitrogens is 2. The first kappa shape index (κ1) is 16.6. The van der Waals surface area contributed by atoms with Crippen LogP contribution in [0.1, 0.15) is 0 Å². The zero-order chi connectivity index (χ0) is 16.2. The van der Waals surface area contributed by atoms with Crippen molar-refractivity contribution < 1.29 is 4.42 Å². The Balaban J connectivity index is 0.000000136. The summed E-state index contributed by atoms with van der Waals surface area (Å²) >= 11 is 10.7. The second-order valence-electron chi connectivity index (χ2n) is 4.45. The predicted molar refractivity (Wildman–Crippen MR) is 102 cm³/mol. The summed E-state index contributed by atoms with van der Waals surface area (Å²) in [5, 5.41) is 1.35. The third kappa shape index (κ3) is 4.01. The highest BCUT2D eigenvalue weighted by atomic mass is 35.5. The van der Waals surface area contributed by atoms with Crippen LogP contribution in [0.4, 0.5) is 0 Å². The monoisotopic (exact) mass is 380 g/mol. The van der Waals surface area contributed by atoms with E-state index in [2.05, 4.69) is 22.3 Å². The molecule has 3 nitrogen and oxygen atoms in total. The quantitative estimate of drug-likeness (QED) is 0.386. The van der Waals surface area contributed by atoms with Gasteiger partial charge < -0.3 is 4.42 Å². The molecule has 23 heavy (non-hydrogen) atoms. The summed E-state index contributed by atoms with van der Waals surface area (Å²) in [6, 6.07) is 13.6. The van der Waals surface area contributed by atoms with E-state index in [1.54, 1.807) is 35.2 Å². The number of para-hydroxylation sites is 1. The number of hydrogen-bond acceptors (Lipinski definition) is 6. The molecule has 4 aromatic rings. The molecule has 0 aliphatic heterocycles. The number of halogens is 1. The normalized spacial score (nSPS) is 10.7. The van der Waals surface area contributed by atoms with Gasteiger partial charge in [-0.25, -0.2) is 9.97 Å². The molecule has 0 saturated heterocycles. The molecule has 0 radical (unpaired) electrons. The summed E-state index contributed by atoms with van der Waals surface area (Å²) in [6.07, 6.45) is 3.98. The number of rotatable bonds is 2. The van der Waals surface area contributed by atoms with E-state index < -0.39 is 0 Å². The molecule has 2 aromatic carbocycles. The fraction of sp³-hybridized carbons (Fsp3) is 0.125. The van der Waals surface area contributed by atoms with E-state index in [1.165, 1.54) is 16.5 Å². The average Bonchev–Trinajstić information content (AvgIpc) is 3.17. The van der Waals surface area contributed by atoms with E-state index >= 15 is 0 Å². The van der Waals surface area contributed by atoms with Crippen LogP contribution in [0.25, 0.3) is 21.3 Å². The van der Waals surface area contributed by atoms with E-state index in [4.69, 9.17) is 16.0 Å². The van der Waals surface area contributed by atoms with Crippen LogP contribution in [0.3, 0.4) is 0 Å². The fourth-order valence-electron chi connectivity index (χ4n) is 1.90. The van der Waals surface area contributed by atoms with E-state index in [-0.39, 0.29) is 0 Å². The van der Waals surface area contributed by atoms with Gasteiger partial charge in [0, 0.05) is 11.1 Å². The van der Waals surface area contributed by atoms with E-state index in [0.29, 0.717) is 10.2 Å². The van der Waals surface area contributed by atoms with Gasteiger partial charge in [-0.15, -0.1) is 11.3 Å². The lowest BCUT2D eigenvalue weighted by molar-refractivity contribution is 0.490. The van der Waals surface area contributed by atoms with E-state index in [1.807, 2.05) is 30.5 Å². The van der Waals surface area contributed by atoms with Crippen LogP contribution in [0.5, 0.6) is 0 Å². The first-order chi connectivity index (χ1) is 11.2. The number of thioether (sulfide) groups is 2. The maximum absolute atomic E-state index is 5.78. The topological polar surface area (TPSA) is 38.9 Å². The van der Waals surface area contributed by atoms with Crippen molar-refractivity contribution in [1.29, 1.82) is 0 Å². The second kappa shape index (κ2) is 7.57. The third-order valence-electron chi connectivity index (χ3n) is 2.95. The van der Waals surface area contributed by atoms with Crippen molar-refractivity contribution in [1.82, 2.24) is 9.97 Å². The Morgan fingerprint density at radius 2 is 1.83 bits per heavy atom. The Morgan fingerprint density at radius 1 is 1.00 bits per heavy atom. The third-order valence-corrected chi connectivity index (χ3v) is 5.73. The van der Waals surface area contributed by atoms with Gasteiger partial charge in [0.2, 0.25) is 0 Å². The molecular weight excluding hydrogens is 368 g/mol. The number of thiazole rings is 1. The van der Waals surface area contributed by atoms with Crippen LogP contribution in [-0.4, -0.2) is 22.5 Å². The molecule has 4 rings (SSSR count). The number of nitrogens with zero attached hydrogens (tertiary/aromatic N) is 2. The molecule has 0 N–H and O–H groups in total. The SMILES string of the molecule is CSc1nc2ccc(Cl)cc2o1.CSc1nc2ccccc2s1. The first-order valence-electron chi connectivity index (χ1n) is 6.69. The molecule has 0 aliphatic rings. The van der Waals surface area contributed by atoms with Gasteiger partial charge >= 0.3 is 0 Å². The maximum Gasteiger partial charge on any atom is 0.256 e. The first-order valence-corrected chi connectivity index (χ1v) is 10.3. The van der Waals surface area contributed by atoms with Gasteiger partial charge in [-0.3, -0.25) is 0 Å². The van der Waals surface area contributed by atoms with Crippen LogP contribution in [-0.2, 0) is 0 Å². The minimum Gasteiger partial charge on any atom is -0.431 e. The van der Waals surface area contributed by atoms with Crippen LogP contribution >= 0.6 is 46.5 Å². The Hall–Kier alpha value is -1.21. The number of hydrogen-bond donors (Lipinski definition) is 0. The molecule has 118 valence electrons. The van der Waals surface area contributed by atoms with Gasteiger partial charge in [-0.1, -0.05) is 47.3 Å². The molecule has 0 fully saturated rings. The predicted octanol–water partition coefficient (Wildman–Crippen LogP) is 6.22. The number of oxazole rings is 1. The van der Waals surface area contributed by atoms with Crippen molar-refractivity contribution in [2.24, 2.45) is 0 Å². The lowest BCUT2D eigenvalue weighted by Crippen LogP contribution is -1.67. The zero-order valence-corrected chi connectivity index (χ0v) is 15.7. The van der Waals surface area contributed by atoms with Crippen molar-refractivity contribution in [2.75, 3.05) is 12.5 Å². The van der Waals surface area contributed by atoms with Crippen molar-refractivity contribution in [2.45, 2.75) is 9.56 Å². The largest absolute Gasteiger partial charge is 0.431 e. The molecule has 2 aromatic heterocycles.